The van der Waals surface area contributed by atoms with Crippen LogP contribution in [-0.4, -0.2) is 40.0 Å². The van der Waals surface area contributed by atoms with Gasteiger partial charge in [0.1, 0.15) is 11.4 Å². The Morgan fingerprint density at radius 2 is 2.10 bits per heavy atom. The van der Waals surface area contributed by atoms with E-state index < -0.39 is 23.9 Å². The number of methoxy groups -OCH3 is 1. The van der Waals surface area contributed by atoms with Gasteiger partial charge in [0.15, 0.2) is 11.5 Å². The Bertz CT molecular complexity index is 1160. The van der Waals surface area contributed by atoms with Crippen molar-refractivity contribution < 1.29 is 27.5 Å². The number of halogens is 3. The average molecular weight is 419 g/mol. The van der Waals surface area contributed by atoms with Crippen molar-refractivity contribution in [2.75, 3.05) is 12.4 Å². The number of pyridine rings is 1. The Morgan fingerprint density at radius 1 is 1.33 bits per heavy atom. The topological polar surface area (TPSA) is 101 Å². The van der Waals surface area contributed by atoms with E-state index >= 15 is 0 Å². The largest absolute Gasteiger partial charge is 0.496 e. The molecular formula is C19H16F3N5O3. The number of hydrogen-bond acceptors (Lipinski definition) is 6. The van der Waals surface area contributed by atoms with E-state index in [1.165, 1.54) is 14.0 Å². The second-order valence-electron chi connectivity index (χ2n) is 6.64. The third kappa shape index (κ3) is 3.53. The number of nitrogens with one attached hydrogen (secondary N) is 2. The molecule has 1 aliphatic heterocycles. The molecule has 0 radical (unpaired) electrons. The summed E-state index contributed by atoms with van der Waals surface area (Å²) in [5.41, 5.74) is 0.418. The molecule has 156 valence electrons. The highest BCUT2D eigenvalue weighted by Gasteiger charge is 2.34. The smallest absolute Gasteiger partial charge is 0.433 e. The number of fused-ring (bicyclic) bond motifs is 1. The maximum atomic E-state index is 12.9. The summed E-state index contributed by atoms with van der Waals surface area (Å²) in [7, 11) is 1.53. The zero-order valence-electron chi connectivity index (χ0n) is 15.9. The first-order valence-corrected chi connectivity index (χ1v) is 8.87. The number of alkyl halides is 3. The molecule has 2 aromatic heterocycles. The Morgan fingerprint density at radius 3 is 2.83 bits per heavy atom. The summed E-state index contributed by atoms with van der Waals surface area (Å²) in [6, 6.07) is 8.10. The Labute approximate surface area is 168 Å². The number of carbonyl (C=O) groups is 1. The Balaban J connectivity index is 1.52. The number of aryl methyl sites for hydroxylation is 1. The molecule has 0 saturated carbocycles. The minimum Gasteiger partial charge on any atom is -0.496 e. The van der Waals surface area contributed by atoms with Crippen molar-refractivity contribution in [3.05, 3.63) is 47.2 Å². The van der Waals surface area contributed by atoms with Crippen molar-refractivity contribution in [1.82, 2.24) is 15.2 Å². The van der Waals surface area contributed by atoms with Gasteiger partial charge in [0.05, 0.1) is 18.2 Å². The van der Waals surface area contributed by atoms with Gasteiger partial charge < -0.3 is 14.9 Å². The Hall–Kier alpha value is -3.63. The number of H-pyrrole nitrogens is 1. The molecule has 3 aromatic rings. The fourth-order valence-corrected chi connectivity index (χ4v) is 3.21. The number of oxime groups is 1. The minimum absolute atomic E-state index is 0.0723. The molecule has 8 nitrogen and oxygen atoms in total. The number of amides is 1. The van der Waals surface area contributed by atoms with Gasteiger partial charge >= 0.3 is 6.18 Å². The van der Waals surface area contributed by atoms with Crippen molar-refractivity contribution in [3.8, 4) is 5.75 Å². The summed E-state index contributed by atoms with van der Waals surface area (Å²) in [5.74, 6) is 0.140. The fourth-order valence-electron chi connectivity index (χ4n) is 3.21. The van der Waals surface area contributed by atoms with Gasteiger partial charge in [-0.1, -0.05) is 17.3 Å². The molecule has 30 heavy (non-hydrogen) atoms. The van der Waals surface area contributed by atoms with E-state index in [2.05, 4.69) is 25.7 Å². The summed E-state index contributed by atoms with van der Waals surface area (Å²) in [4.78, 5) is 21.4. The summed E-state index contributed by atoms with van der Waals surface area (Å²) < 4.78 is 44.1. The molecule has 1 unspecified atom stereocenters. The van der Waals surface area contributed by atoms with Crippen LogP contribution in [0, 0.1) is 6.92 Å². The van der Waals surface area contributed by atoms with E-state index in [1.54, 1.807) is 12.1 Å². The van der Waals surface area contributed by atoms with E-state index in [4.69, 9.17) is 9.57 Å². The highest BCUT2D eigenvalue weighted by Crippen LogP contribution is 2.32. The van der Waals surface area contributed by atoms with E-state index in [9.17, 15) is 18.0 Å². The first kappa shape index (κ1) is 19.7. The molecule has 4 rings (SSSR count). The van der Waals surface area contributed by atoms with E-state index in [-0.39, 0.29) is 23.4 Å². The summed E-state index contributed by atoms with van der Waals surface area (Å²) >= 11 is 0. The van der Waals surface area contributed by atoms with Gasteiger partial charge in [-0.15, -0.1) is 0 Å². The number of anilines is 1. The van der Waals surface area contributed by atoms with Crippen LogP contribution in [0.25, 0.3) is 11.0 Å². The molecule has 2 N–H and O–H groups in total. The fraction of sp³-hybridized carbons (Fsp3) is 0.263. The quantitative estimate of drug-likeness (QED) is 0.675. The van der Waals surface area contributed by atoms with Crippen molar-refractivity contribution in [2.24, 2.45) is 5.16 Å². The lowest BCUT2D eigenvalue weighted by Gasteiger charge is -2.10. The first-order valence-electron chi connectivity index (χ1n) is 8.87. The average Bonchev–Trinajstić information content (AvgIpc) is 3.35. The lowest BCUT2D eigenvalue weighted by atomic mass is 10.0. The van der Waals surface area contributed by atoms with Gasteiger partial charge in [-0.25, -0.2) is 4.98 Å². The number of ether oxygens (including phenoxy) is 1. The number of carbonyl (C=O) groups excluding carboxylic acids is 1. The maximum absolute atomic E-state index is 12.9. The summed E-state index contributed by atoms with van der Waals surface area (Å²) in [5, 5.41) is 13.2. The van der Waals surface area contributed by atoms with Gasteiger partial charge in [0.2, 0.25) is 6.10 Å². The van der Waals surface area contributed by atoms with Crippen molar-refractivity contribution in [1.29, 1.82) is 0 Å². The van der Waals surface area contributed by atoms with Crippen LogP contribution in [0.3, 0.4) is 0 Å². The zero-order chi connectivity index (χ0) is 21.5. The molecule has 0 fully saturated rings. The van der Waals surface area contributed by atoms with Crippen LogP contribution in [0.5, 0.6) is 5.75 Å². The van der Waals surface area contributed by atoms with Crippen LogP contribution >= 0.6 is 0 Å². The first-order chi connectivity index (χ1) is 14.3. The number of aromatic nitrogens is 3. The predicted molar refractivity (Wildman–Crippen MR) is 101 cm³/mol. The standard InChI is InChI=1S/C19H16F3N5O3/c1-9-7-14(19(20,21)22)23-16-15(9)17(26-25-16)24-18(28)13-8-11(27-30-13)10-5-3-4-6-12(10)29-2/h3-7,13H,8H2,1-2H3,(H2,23,24,25,26,28). The molecule has 1 amide bonds. The third-order valence-corrected chi connectivity index (χ3v) is 4.64. The van der Waals surface area contributed by atoms with Crippen LogP contribution in [-0.2, 0) is 15.8 Å². The molecule has 1 aliphatic rings. The van der Waals surface area contributed by atoms with E-state index in [1.807, 2.05) is 12.1 Å². The van der Waals surface area contributed by atoms with Gasteiger partial charge in [-0.2, -0.15) is 18.3 Å². The molecule has 11 heteroatoms. The van der Waals surface area contributed by atoms with Crippen molar-refractivity contribution in [2.45, 2.75) is 25.6 Å². The third-order valence-electron chi connectivity index (χ3n) is 4.64. The second-order valence-corrected chi connectivity index (χ2v) is 6.64. The van der Waals surface area contributed by atoms with Crippen LogP contribution in [0.2, 0.25) is 0 Å². The number of para-hydroxylation sites is 1. The molecule has 3 heterocycles. The van der Waals surface area contributed by atoms with Crippen LogP contribution in [0.15, 0.2) is 35.5 Å². The van der Waals surface area contributed by atoms with Crippen molar-refractivity contribution in [3.63, 3.8) is 0 Å². The minimum atomic E-state index is -4.59. The lowest BCUT2D eigenvalue weighted by molar-refractivity contribution is -0.141. The van der Waals surface area contributed by atoms with Gasteiger partial charge in [-0.3, -0.25) is 9.89 Å². The molecule has 1 atom stereocenters. The number of hydrogen-bond donors (Lipinski definition) is 2. The monoisotopic (exact) mass is 419 g/mol. The number of rotatable bonds is 4. The number of nitrogens with zero attached hydrogens (tertiary/aromatic N) is 3. The van der Waals surface area contributed by atoms with Gasteiger partial charge in [0, 0.05) is 12.0 Å². The SMILES string of the molecule is COc1ccccc1C1=NOC(C(=O)Nc2n[nH]c3nc(C(F)(F)F)cc(C)c23)C1. The number of benzene rings is 1. The highest BCUT2D eigenvalue weighted by atomic mass is 19.4. The number of aromatic amines is 1. The van der Waals surface area contributed by atoms with Gasteiger partial charge in [0.25, 0.3) is 5.91 Å². The maximum Gasteiger partial charge on any atom is 0.433 e. The van der Waals surface area contributed by atoms with Crippen LogP contribution in [0.1, 0.15) is 23.2 Å². The normalized spacial score (nSPS) is 16.3. The zero-order valence-corrected chi connectivity index (χ0v) is 15.9. The molecule has 0 bridgehead atoms. The van der Waals surface area contributed by atoms with Crippen LogP contribution < -0.4 is 10.1 Å². The summed E-state index contributed by atoms with van der Waals surface area (Å²) in [6.45, 7) is 1.49. The second kappa shape index (κ2) is 7.32. The molecule has 0 spiro atoms. The van der Waals surface area contributed by atoms with Gasteiger partial charge in [-0.05, 0) is 30.7 Å². The molecule has 0 saturated heterocycles. The summed E-state index contributed by atoms with van der Waals surface area (Å²) in [6.07, 6.45) is -5.30. The lowest BCUT2D eigenvalue weighted by Crippen LogP contribution is -2.28. The predicted octanol–water partition coefficient (Wildman–Crippen LogP) is 3.43. The van der Waals surface area contributed by atoms with Crippen molar-refractivity contribution >= 4 is 28.5 Å². The molecule has 1 aromatic carbocycles. The van der Waals surface area contributed by atoms with E-state index in [0.717, 1.165) is 6.07 Å². The van der Waals surface area contributed by atoms with Crippen LogP contribution in [0.4, 0.5) is 19.0 Å². The molecule has 0 aliphatic carbocycles. The van der Waals surface area contributed by atoms with E-state index in [0.29, 0.717) is 22.4 Å². The molecular weight excluding hydrogens is 403 g/mol. The highest BCUT2D eigenvalue weighted by molar-refractivity contribution is 6.08. The Kier molecular flexibility index (Phi) is 4.80.